The fourth-order valence-electron chi connectivity index (χ4n) is 5.60. The van der Waals surface area contributed by atoms with Gasteiger partial charge in [0, 0.05) is 24.6 Å². The fraction of sp³-hybridized carbons (Fsp3) is 0.267. The van der Waals surface area contributed by atoms with E-state index >= 15 is 4.39 Å². The molecule has 39 heavy (non-hydrogen) atoms. The van der Waals surface area contributed by atoms with Gasteiger partial charge < -0.3 is 4.42 Å². The second-order valence-corrected chi connectivity index (χ2v) is 10.3. The molecule has 1 fully saturated rings. The summed E-state index contributed by atoms with van der Waals surface area (Å²) in [7, 11) is 0. The Morgan fingerprint density at radius 1 is 1.00 bits per heavy atom. The minimum Gasteiger partial charge on any atom is -0.388 e. The minimum atomic E-state index is -1.68. The van der Waals surface area contributed by atoms with Crippen molar-refractivity contribution in [2.24, 2.45) is 5.92 Å². The van der Waals surface area contributed by atoms with Crippen LogP contribution in [-0.2, 0) is 0 Å². The number of alkyl halides is 1. The van der Waals surface area contributed by atoms with Crippen LogP contribution in [0.15, 0.2) is 75.9 Å². The first-order valence-corrected chi connectivity index (χ1v) is 12.5. The van der Waals surface area contributed by atoms with Gasteiger partial charge >= 0.3 is 5.76 Å². The minimum absolute atomic E-state index is 0.0651. The lowest BCUT2D eigenvalue weighted by molar-refractivity contribution is 0.00813. The molecule has 0 saturated carbocycles. The molecule has 5 rings (SSSR count). The first-order valence-electron chi connectivity index (χ1n) is 12.5. The van der Waals surface area contributed by atoms with Crippen molar-refractivity contribution in [1.82, 2.24) is 15.1 Å². The van der Waals surface area contributed by atoms with E-state index in [0.717, 1.165) is 11.1 Å². The van der Waals surface area contributed by atoms with Gasteiger partial charge in [-0.2, -0.15) is 10.5 Å². The highest BCUT2D eigenvalue weighted by Crippen LogP contribution is 2.46. The highest BCUT2D eigenvalue weighted by Gasteiger charge is 2.45. The van der Waals surface area contributed by atoms with Crippen LogP contribution in [0, 0.1) is 34.4 Å². The van der Waals surface area contributed by atoms with E-state index in [-0.39, 0.29) is 23.4 Å². The molecule has 1 N–H and O–H groups in total. The predicted molar refractivity (Wildman–Crippen MR) is 140 cm³/mol. The van der Waals surface area contributed by atoms with Crippen molar-refractivity contribution in [2.75, 3.05) is 13.1 Å². The summed E-state index contributed by atoms with van der Waals surface area (Å²) in [5.74, 6) is -2.21. The molecular formula is C30H25F2N5O2. The van der Waals surface area contributed by atoms with Gasteiger partial charge in [0.1, 0.15) is 11.5 Å². The van der Waals surface area contributed by atoms with Crippen molar-refractivity contribution in [3.05, 3.63) is 111 Å². The lowest BCUT2D eigenvalue weighted by atomic mass is 9.72. The molecule has 7 nitrogen and oxygen atoms in total. The van der Waals surface area contributed by atoms with E-state index in [2.05, 4.69) is 27.2 Å². The van der Waals surface area contributed by atoms with Gasteiger partial charge in [-0.25, -0.2) is 18.7 Å². The summed E-state index contributed by atoms with van der Waals surface area (Å²) >= 11 is 0. The first kappa shape index (κ1) is 26.0. The largest absolute Gasteiger partial charge is 0.434 e. The maximum Gasteiger partial charge on any atom is 0.434 e. The Morgan fingerprint density at radius 3 is 2.33 bits per heavy atom. The molecule has 196 valence electrons. The van der Waals surface area contributed by atoms with E-state index in [1.807, 2.05) is 30.3 Å². The number of halogens is 2. The lowest BCUT2D eigenvalue weighted by Crippen LogP contribution is -2.53. The average molecular weight is 526 g/mol. The van der Waals surface area contributed by atoms with Gasteiger partial charge in [0.2, 0.25) is 5.89 Å². The number of hydrogen-bond donors (Lipinski definition) is 1. The van der Waals surface area contributed by atoms with Crippen LogP contribution in [0.2, 0.25) is 0 Å². The smallest absolute Gasteiger partial charge is 0.388 e. The van der Waals surface area contributed by atoms with Crippen LogP contribution in [0.4, 0.5) is 8.78 Å². The molecule has 2 atom stereocenters. The summed E-state index contributed by atoms with van der Waals surface area (Å²) in [5, 5.41) is 24.6. The summed E-state index contributed by atoms with van der Waals surface area (Å²) in [4.78, 5) is 13.6. The molecule has 0 spiro atoms. The van der Waals surface area contributed by atoms with Gasteiger partial charge in [-0.1, -0.05) is 24.3 Å². The van der Waals surface area contributed by atoms with E-state index < -0.39 is 23.2 Å². The summed E-state index contributed by atoms with van der Waals surface area (Å²) in [6.45, 7) is 3.99. The van der Waals surface area contributed by atoms with Crippen molar-refractivity contribution < 1.29 is 13.2 Å². The van der Waals surface area contributed by atoms with Gasteiger partial charge in [-0.3, -0.25) is 4.90 Å². The number of rotatable bonds is 7. The highest BCUT2D eigenvalue weighted by atomic mass is 19.1. The second kappa shape index (κ2) is 10.3. The van der Waals surface area contributed by atoms with Crippen LogP contribution in [0.3, 0.4) is 0 Å². The fourth-order valence-corrected chi connectivity index (χ4v) is 5.60. The predicted octanol–water partition coefficient (Wildman–Crippen LogP) is 5.47. The summed E-state index contributed by atoms with van der Waals surface area (Å²) in [6, 6.07) is 22.9. The number of nitrogens with zero attached hydrogens (tertiary/aromatic N) is 4. The molecule has 9 heteroatoms. The number of nitriles is 2. The van der Waals surface area contributed by atoms with E-state index in [4.69, 9.17) is 4.42 Å². The molecule has 0 amide bonds. The molecule has 4 aromatic rings. The SMILES string of the molecule is CC(C)(F)C(c1cc(F)cc(-c2n[nH]c(=O)o2)c1)C1CN(C(c2ccc(C#N)cc2)c2cccc(C#N)c2)C1. The standard InChI is InChI=1S/C30H25F2N5O2/c1-30(2,32)26(22-11-23(13-25(31)12-22)28-35-36-29(38)39-28)24-16-37(17-24)27(20-8-6-18(14-33)7-9-20)21-5-3-4-19(10-21)15-34/h3-13,24,26-27H,16-17H2,1-2H3,(H,36,38). The summed E-state index contributed by atoms with van der Waals surface area (Å²) in [6.07, 6.45) is 0. The number of aromatic nitrogens is 2. The van der Waals surface area contributed by atoms with Gasteiger partial charge in [0.25, 0.3) is 0 Å². The number of benzene rings is 3. The van der Waals surface area contributed by atoms with Gasteiger partial charge in [-0.15, -0.1) is 5.10 Å². The number of hydrogen-bond acceptors (Lipinski definition) is 6. The Balaban J connectivity index is 1.48. The van der Waals surface area contributed by atoms with Crippen LogP contribution in [0.25, 0.3) is 11.5 Å². The maximum absolute atomic E-state index is 15.7. The van der Waals surface area contributed by atoms with Gasteiger partial charge in [-0.05, 0) is 78.9 Å². The third kappa shape index (κ3) is 5.36. The second-order valence-electron chi connectivity index (χ2n) is 10.3. The summed E-state index contributed by atoms with van der Waals surface area (Å²) < 4.78 is 35.4. The Labute approximate surface area is 223 Å². The van der Waals surface area contributed by atoms with Crippen LogP contribution in [0.1, 0.15) is 53.6 Å². The van der Waals surface area contributed by atoms with Crippen molar-refractivity contribution >= 4 is 0 Å². The van der Waals surface area contributed by atoms with Crippen molar-refractivity contribution in [2.45, 2.75) is 31.5 Å². The molecule has 2 unspecified atom stereocenters. The van der Waals surface area contributed by atoms with Crippen LogP contribution in [0.5, 0.6) is 0 Å². The molecule has 0 radical (unpaired) electrons. The third-order valence-corrected chi connectivity index (χ3v) is 7.17. The van der Waals surface area contributed by atoms with Crippen LogP contribution in [-0.4, -0.2) is 33.9 Å². The number of aromatic amines is 1. The Morgan fingerprint density at radius 2 is 1.72 bits per heavy atom. The van der Waals surface area contributed by atoms with Crippen molar-refractivity contribution in [1.29, 1.82) is 10.5 Å². The number of H-pyrrole nitrogens is 1. The van der Waals surface area contributed by atoms with Crippen molar-refractivity contribution in [3.8, 4) is 23.6 Å². The quantitative estimate of drug-likeness (QED) is 0.343. The summed E-state index contributed by atoms with van der Waals surface area (Å²) in [5.41, 5.74) is 1.95. The maximum atomic E-state index is 15.7. The van der Waals surface area contributed by atoms with Crippen LogP contribution >= 0.6 is 0 Å². The zero-order valence-electron chi connectivity index (χ0n) is 21.4. The molecule has 1 aromatic heterocycles. The van der Waals surface area contributed by atoms with Gasteiger partial charge in [0.15, 0.2) is 0 Å². The third-order valence-electron chi connectivity index (χ3n) is 7.17. The highest BCUT2D eigenvalue weighted by molar-refractivity contribution is 5.55. The molecule has 0 bridgehead atoms. The van der Waals surface area contributed by atoms with Crippen molar-refractivity contribution in [3.63, 3.8) is 0 Å². The number of nitrogens with one attached hydrogen (secondary N) is 1. The Hall–Kier alpha value is -4.60. The first-order chi connectivity index (χ1) is 18.7. The zero-order valence-corrected chi connectivity index (χ0v) is 21.4. The van der Waals surface area contributed by atoms with E-state index in [1.54, 1.807) is 24.3 Å². The topological polar surface area (TPSA) is 110 Å². The molecule has 2 heterocycles. The lowest BCUT2D eigenvalue weighted by Gasteiger charge is -2.50. The molecule has 1 aliphatic heterocycles. The molecule has 3 aromatic carbocycles. The average Bonchev–Trinajstić information content (AvgIpc) is 3.33. The molecule has 1 saturated heterocycles. The Kier molecular flexibility index (Phi) is 6.86. The molecule has 1 aliphatic rings. The van der Waals surface area contributed by atoms with Crippen LogP contribution < -0.4 is 5.76 Å². The molecule has 0 aliphatic carbocycles. The normalized spacial score (nSPS) is 15.6. The van der Waals surface area contributed by atoms with E-state index in [1.165, 1.54) is 26.0 Å². The van der Waals surface area contributed by atoms with E-state index in [9.17, 15) is 19.7 Å². The molecular weight excluding hydrogens is 500 g/mol. The monoisotopic (exact) mass is 525 g/mol. The number of likely N-dealkylation sites (tertiary alicyclic amines) is 1. The zero-order chi connectivity index (χ0) is 27.7. The Bertz CT molecular complexity index is 1630. The van der Waals surface area contributed by atoms with E-state index in [0.29, 0.717) is 29.8 Å². The van der Waals surface area contributed by atoms with Gasteiger partial charge in [0.05, 0.1) is 29.3 Å².